The van der Waals surface area contributed by atoms with Gasteiger partial charge < -0.3 is 15.7 Å². The second-order valence-corrected chi connectivity index (χ2v) is 4.34. The molecule has 0 saturated heterocycles. The van der Waals surface area contributed by atoms with Crippen molar-refractivity contribution in [1.82, 2.24) is 5.32 Å². The van der Waals surface area contributed by atoms with Crippen LogP contribution in [0.15, 0.2) is 18.2 Å². The molecule has 0 fully saturated rings. The summed E-state index contributed by atoms with van der Waals surface area (Å²) in [5.41, 5.74) is 1.65. The molecule has 0 aliphatic rings. The second-order valence-electron chi connectivity index (χ2n) is 3.94. The molecule has 0 aromatic heterocycles. The highest BCUT2D eigenvalue weighted by Gasteiger charge is 2.17. The van der Waals surface area contributed by atoms with Gasteiger partial charge in [-0.05, 0) is 24.6 Å². The van der Waals surface area contributed by atoms with Crippen LogP contribution in [0.4, 0.5) is 5.69 Å². The van der Waals surface area contributed by atoms with Crippen LogP contribution in [0.1, 0.15) is 12.5 Å². The minimum atomic E-state index is -1.09. The van der Waals surface area contributed by atoms with Gasteiger partial charge in [-0.2, -0.15) is 0 Å². The van der Waals surface area contributed by atoms with Gasteiger partial charge in [0.15, 0.2) is 0 Å². The lowest BCUT2D eigenvalue weighted by molar-refractivity contribution is -0.141. The van der Waals surface area contributed by atoms with Crippen molar-refractivity contribution < 1.29 is 14.7 Å². The summed E-state index contributed by atoms with van der Waals surface area (Å²) in [6, 6.07) is 4.37. The van der Waals surface area contributed by atoms with E-state index < -0.39 is 12.0 Å². The van der Waals surface area contributed by atoms with Crippen molar-refractivity contribution in [2.24, 2.45) is 0 Å². The Kier molecular flexibility index (Phi) is 4.97. The molecule has 0 aliphatic carbocycles. The fourth-order valence-electron chi connectivity index (χ4n) is 1.37. The Morgan fingerprint density at radius 3 is 2.61 bits per heavy atom. The monoisotopic (exact) mass is 270 g/mol. The van der Waals surface area contributed by atoms with Gasteiger partial charge in [0.25, 0.3) is 0 Å². The summed E-state index contributed by atoms with van der Waals surface area (Å²) in [6.07, 6.45) is 0. The van der Waals surface area contributed by atoms with E-state index in [4.69, 9.17) is 16.7 Å². The molecule has 1 amide bonds. The van der Waals surface area contributed by atoms with Gasteiger partial charge in [-0.1, -0.05) is 17.7 Å². The molecule has 1 aromatic rings. The summed E-state index contributed by atoms with van der Waals surface area (Å²) >= 11 is 5.95. The fourth-order valence-corrected chi connectivity index (χ4v) is 1.55. The van der Waals surface area contributed by atoms with E-state index >= 15 is 0 Å². The maximum Gasteiger partial charge on any atom is 0.328 e. The van der Waals surface area contributed by atoms with Crippen molar-refractivity contribution in [2.45, 2.75) is 19.9 Å². The molecule has 0 bridgehead atoms. The number of hydrogen-bond acceptors (Lipinski definition) is 3. The number of hydrogen-bond donors (Lipinski definition) is 3. The first kappa shape index (κ1) is 14.3. The molecule has 1 rings (SSSR count). The van der Waals surface area contributed by atoms with Gasteiger partial charge in [-0.25, -0.2) is 4.79 Å². The lowest BCUT2D eigenvalue weighted by Gasteiger charge is -2.15. The molecule has 0 radical (unpaired) electrons. The van der Waals surface area contributed by atoms with Gasteiger partial charge in [0, 0.05) is 24.2 Å². The van der Waals surface area contributed by atoms with Crippen LogP contribution in [0.25, 0.3) is 0 Å². The zero-order valence-electron chi connectivity index (χ0n) is 10.2. The summed E-state index contributed by atoms with van der Waals surface area (Å²) in [5, 5.41) is 14.8. The summed E-state index contributed by atoms with van der Waals surface area (Å²) in [7, 11) is 0. The Balaban J connectivity index is 2.64. The molecule has 6 heteroatoms. The summed E-state index contributed by atoms with van der Waals surface area (Å²) in [5.74, 6) is -1.47. The third-order valence-electron chi connectivity index (χ3n) is 2.36. The lowest BCUT2D eigenvalue weighted by atomic mass is 10.2. The topological polar surface area (TPSA) is 78.4 Å². The van der Waals surface area contributed by atoms with Gasteiger partial charge in [-0.15, -0.1) is 0 Å². The van der Waals surface area contributed by atoms with Crippen LogP contribution in [0.2, 0.25) is 5.02 Å². The molecule has 0 heterocycles. The smallest absolute Gasteiger partial charge is 0.328 e. The Hall–Kier alpha value is -1.75. The largest absolute Gasteiger partial charge is 0.480 e. The normalized spacial score (nSPS) is 11.7. The van der Waals surface area contributed by atoms with E-state index in [9.17, 15) is 9.59 Å². The number of halogens is 1. The van der Waals surface area contributed by atoms with E-state index in [-0.39, 0.29) is 12.5 Å². The van der Waals surface area contributed by atoms with Gasteiger partial charge in [0.05, 0.1) is 0 Å². The molecule has 0 spiro atoms. The lowest BCUT2D eigenvalue weighted by Crippen LogP contribution is -2.44. The van der Waals surface area contributed by atoms with Crippen LogP contribution < -0.4 is 10.6 Å². The number of aliphatic carboxylic acids is 1. The molecule has 5 nitrogen and oxygen atoms in total. The van der Waals surface area contributed by atoms with E-state index in [1.54, 1.807) is 12.1 Å². The number of carboxylic acids is 1. The highest BCUT2D eigenvalue weighted by molar-refractivity contribution is 6.31. The van der Waals surface area contributed by atoms with Crippen molar-refractivity contribution >= 4 is 29.2 Å². The van der Waals surface area contributed by atoms with E-state index in [0.717, 1.165) is 5.56 Å². The molecule has 0 saturated carbocycles. The standard InChI is InChI=1S/C12H15ClN2O3/c1-7-3-4-9(5-10(7)13)14-6-11(12(17)18)15-8(2)16/h3-5,11,14H,6H2,1-2H3,(H,15,16)(H,17,18). The van der Waals surface area contributed by atoms with E-state index in [1.165, 1.54) is 6.92 Å². The van der Waals surface area contributed by atoms with Crippen LogP contribution in [0, 0.1) is 6.92 Å². The Morgan fingerprint density at radius 2 is 2.11 bits per heavy atom. The van der Waals surface area contributed by atoms with Crippen LogP contribution in [-0.2, 0) is 9.59 Å². The van der Waals surface area contributed by atoms with Crippen molar-refractivity contribution in [1.29, 1.82) is 0 Å². The Bertz CT molecular complexity index is 463. The first-order valence-corrected chi connectivity index (χ1v) is 5.78. The Labute approximate surface area is 110 Å². The minimum absolute atomic E-state index is 0.0916. The van der Waals surface area contributed by atoms with Crippen molar-refractivity contribution in [3.8, 4) is 0 Å². The van der Waals surface area contributed by atoms with Crippen LogP contribution in [0.5, 0.6) is 0 Å². The number of rotatable bonds is 5. The third kappa shape index (κ3) is 4.25. The quantitative estimate of drug-likeness (QED) is 0.760. The molecule has 98 valence electrons. The van der Waals surface area contributed by atoms with Gasteiger partial charge in [0.2, 0.25) is 5.91 Å². The average molecular weight is 271 g/mol. The SMILES string of the molecule is CC(=O)NC(CNc1ccc(C)c(Cl)c1)C(=O)O. The number of amides is 1. The zero-order valence-corrected chi connectivity index (χ0v) is 10.9. The van der Waals surface area contributed by atoms with Crippen LogP contribution in [0.3, 0.4) is 0 Å². The predicted octanol–water partition coefficient (Wildman–Crippen LogP) is 1.65. The predicted molar refractivity (Wildman–Crippen MR) is 69.9 cm³/mol. The number of nitrogens with one attached hydrogen (secondary N) is 2. The van der Waals surface area contributed by atoms with Crippen molar-refractivity contribution in [2.75, 3.05) is 11.9 Å². The number of aryl methyl sites for hydroxylation is 1. The van der Waals surface area contributed by atoms with Gasteiger partial charge in [-0.3, -0.25) is 4.79 Å². The number of carbonyl (C=O) groups excluding carboxylic acids is 1. The Morgan fingerprint density at radius 1 is 1.44 bits per heavy atom. The molecule has 0 aliphatic heterocycles. The van der Waals surface area contributed by atoms with E-state index in [2.05, 4.69) is 10.6 Å². The minimum Gasteiger partial charge on any atom is -0.480 e. The van der Waals surface area contributed by atoms with Crippen LogP contribution >= 0.6 is 11.6 Å². The molecule has 1 atom stereocenters. The fraction of sp³-hybridized carbons (Fsp3) is 0.333. The zero-order chi connectivity index (χ0) is 13.7. The summed E-state index contributed by atoms with van der Waals surface area (Å²) < 4.78 is 0. The maximum absolute atomic E-state index is 10.9. The van der Waals surface area contributed by atoms with Crippen molar-refractivity contribution in [3.05, 3.63) is 28.8 Å². The molecule has 1 aromatic carbocycles. The summed E-state index contributed by atoms with van der Waals surface area (Å²) in [6.45, 7) is 3.25. The number of carbonyl (C=O) groups is 2. The molecule has 3 N–H and O–H groups in total. The first-order valence-electron chi connectivity index (χ1n) is 5.40. The van der Waals surface area contributed by atoms with E-state index in [1.807, 2.05) is 13.0 Å². The van der Waals surface area contributed by atoms with E-state index in [0.29, 0.717) is 10.7 Å². The number of anilines is 1. The summed E-state index contributed by atoms with van der Waals surface area (Å²) in [4.78, 5) is 21.7. The molecular formula is C12H15ClN2O3. The van der Waals surface area contributed by atoms with Crippen LogP contribution in [-0.4, -0.2) is 29.6 Å². The second kappa shape index (κ2) is 6.26. The van der Waals surface area contributed by atoms with Gasteiger partial charge >= 0.3 is 5.97 Å². The molecule has 1 unspecified atom stereocenters. The highest BCUT2D eigenvalue weighted by atomic mass is 35.5. The molecular weight excluding hydrogens is 256 g/mol. The maximum atomic E-state index is 10.9. The van der Waals surface area contributed by atoms with Gasteiger partial charge in [0.1, 0.15) is 6.04 Å². The number of carboxylic acid groups (broad SMARTS) is 1. The highest BCUT2D eigenvalue weighted by Crippen LogP contribution is 2.19. The first-order chi connectivity index (χ1) is 8.40. The average Bonchev–Trinajstić information content (AvgIpc) is 2.28. The third-order valence-corrected chi connectivity index (χ3v) is 2.76. The number of benzene rings is 1. The van der Waals surface area contributed by atoms with Crippen molar-refractivity contribution in [3.63, 3.8) is 0 Å². The molecule has 18 heavy (non-hydrogen) atoms.